The van der Waals surface area contributed by atoms with E-state index >= 15 is 0 Å². The standard InChI is InChI=1S/C19H27NO/c1-12-9-10-13-16(15(12)19(5,6)7)20-11-14(17(13)21-8)18(2,3)4/h9-11H,1-8H3. The van der Waals surface area contributed by atoms with Crippen molar-refractivity contribution in [2.75, 3.05) is 7.11 Å². The summed E-state index contributed by atoms with van der Waals surface area (Å²) < 4.78 is 5.75. The first kappa shape index (κ1) is 15.8. The van der Waals surface area contributed by atoms with Gasteiger partial charge in [-0.25, -0.2) is 0 Å². The number of ether oxygens (including phenoxy) is 1. The van der Waals surface area contributed by atoms with Gasteiger partial charge in [0.15, 0.2) is 0 Å². The Bertz CT molecular complexity index is 672. The number of nitrogens with zero attached hydrogens (tertiary/aromatic N) is 1. The average Bonchev–Trinajstić information content (AvgIpc) is 2.33. The molecule has 1 heterocycles. The van der Waals surface area contributed by atoms with Crippen LogP contribution in [0.2, 0.25) is 0 Å². The van der Waals surface area contributed by atoms with E-state index < -0.39 is 0 Å². The lowest BCUT2D eigenvalue weighted by atomic mass is 9.81. The molecule has 0 bridgehead atoms. The monoisotopic (exact) mass is 285 g/mol. The second-order valence-electron chi connectivity index (χ2n) is 7.86. The van der Waals surface area contributed by atoms with E-state index in [-0.39, 0.29) is 10.8 Å². The van der Waals surface area contributed by atoms with Gasteiger partial charge in [0.2, 0.25) is 0 Å². The van der Waals surface area contributed by atoms with Crippen molar-refractivity contribution < 1.29 is 4.74 Å². The minimum absolute atomic E-state index is 0.0132. The highest BCUT2D eigenvalue weighted by Crippen LogP contribution is 2.40. The van der Waals surface area contributed by atoms with Crippen LogP contribution in [0.4, 0.5) is 0 Å². The third-order valence-corrected chi connectivity index (χ3v) is 3.96. The maximum atomic E-state index is 5.75. The molecule has 0 aliphatic heterocycles. The van der Waals surface area contributed by atoms with E-state index in [1.807, 2.05) is 6.20 Å². The zero-order valence-electron chi connectivity index (χ0n) is 14.6. The Morgan fingerprint density at radius 2 is 1.57 bits per heavy atom. The van der Waals surface area contributed by atoms with Crippen molar-refractivity contribution >= 4 is 10.9 Å². The quantitative estimate of drug-likeness (QED) is 0.723. The van der Waals surface area contributed by atoms with Gasteiger partial charge in [-0.15, -0.1) is 0 Å². The lowest BCUT2D eigenvalue weighted by Crippen LogP contribution is -2.17. The molecule has 2 nitrogen and oxygen atoms in total. The SMILES string of the molecule is COc1c(C(C)(C)C)cnc2c(C(C)(C)C)c(C)ccc12. The van der Waals surface area contributed by atoms with Crippen LogP contribution in [0.3, 0.4) is 0 Å². The molecular formula is C19H27NO. The highest BCUT2D eigenvalue weighted by Gasteiger charge is 2.25. The number of methoxy groups -OCH3 is 1. The van der Waals surface area contributed by atoms with E-state index in [9.17, 15) is 0 Å². The highest BCUT2D eigenvalue weighted by molar-refractivity contribution is 5.90. The van der Waals surface area contributed by atoms with Crippen LogP contribution in [0.1, 0.15) is 58.2 Å². The largest absolute Gasteiger partial charge is 0.496 e. The fourth-order valence-electron chi connectivity index (χ4n) is 3.04. The van der Waals surface area contributed by atoms with Crippen LogP contribution in [0, 0.1) is 6.92 Å². The summed E-state index contributed by atoms with van der Waals surface area (Å²) in [6.45, 7) is 15.4. The maximum absolute atomic E-state index is 5.75. The molecule has 2 heteroatoms. The lowest BCUT2D eigenvalue weighted by molar-refractivity contribution is 0.402. The molecule has 2 rings (SSSR count). The van der Waals surface area contributed by atoms with Crippen LogP contribution in [0.5, 0.6) is 5.75 Å². The molecular weight excluding hydrogens is 258 g/mol. The Balaban J connectivity index is 2.91. The molecule has 0 unspecified atom stereocenters. The predicted octanol–water partition coefficient (Wildman–Crippen LogP) is 5.15. The topological polar surface area (TPSA) is 22.1 Å². The number of aromatic nitrogens is 1. The number of rotatable bonds is 1. The molecule has 0 aliphatic carbocycles. The van der Waals surface area contributed by atoms with Crippen molar-refractivity contribution in [2.24, 2.45) is 0 Å². The number of benzene rings is 1. The molecule has 0 saturated carbocycles. The van der Waals surface area contributed by atoms with Gasteiger partial charge < -0.3 is 4.74 Å². The van der Waals surface area contributed by atoms with Crippen molar-refractivity contribution in [3.8, 4) is 5.75 Å². The summed E-state index contributed by atoms with van der Waals surface area (Å²) in [5.41, 5.74) is 4.88. The molecule has 0 saturated heterocycles. The molecule has 2 aromatic rings. The summed E-state index contributed by atoms with van der Waals surface area (Å²) >= 11 is 0. The molecule has 1 aromatic carbocycles. The average molecular weight is 285 g/mol. The second-order valence-corrected chi connectivity index (χ2v) is 7.86. The molecule has 0 spiro atoms. The summed E-state index contributed by atoms with van der Waals surface area (Å²) in [5, 5.41) is 1.11. The molecule has 0 N–H and O–H groups in total. The Morgan fingerprint density at radius 1 is 0.952 bits per heavy atom. The van der Waals surface area contributed by atoms with Crippen molar-refractivity contribution in [1.82, 2.24) is 4.98 Å². The number of aryl methyl sites for hydroxylation is 1. The van der Waals surface area contributed by atoms with E-state index in [4.69, 9.17) is 9.72 Å². The molecule has 0 fully saturated rings. The van der Waals surface area contributed by atoms with Crippen LogP contribution < -0.4 is 4.74 Å². The van der Waals surface area contributed by atoms with Crippen LogP contribution in [-0.2, 0) is 10.8 Å². The molecule has 114 valence electrons. The van der Waals surface area contributed by atoms with Crippen molar-refractivity contribution in [3.63, 3.8) is 0 Å². The van der Waals surface area contributed by atoms with Crippen LogP contribution in [0.15, 0.2) is 18.3 Å². The fraction of sp³-hybridized carbons (Fsp3) is 0.526. The Kier molecular flexibility index (Phi) is 3.77. The van der Waals surface area contributed by atoms with Gasteiger partial charge in [0.05, 0.1) is 12.6 Å². The third-order valence-electron chi connectivity index (χ3n) is 3.96. The predicted molar refractivity (Wildman–Crippen MR) is 90.4 cm³/mol. The van der Waals surface area contributed by atoms with Gasteiger partial charge >= 0.3 is 0 Å². The number of hydrogen-bond acceptors (Lipinski definition) is 2. The normalized spacial score (nSPS) is 12.8. The van der Waals surface area contributed by atoms with E-state index in [1.165, 1.54) is 11.1 Å². The number of pyridine rings is 1. The zero-order valence-corrected chi connectivity index (χ0v) is 14.6. The molecule has 0 atom stereocenters. The van der Waals surface area contributed by atoms with Gasteiger partial charge in [0.25, 0.3) is 0 Å². The smallest absolute Gasteiger partial charge is 0.133 e. The van der Waals surface area contributed by atoms with E-state index in [0.717, 1.165) is 22.2 Å². The molecule has 0 amide bonds. The van der Waals surface area contributed by atoms with E-state index in [0.29, 0.717) is 0 Å². The molecule has 1 aromatic heterocycles. The van der Waals surface area contributed by atoms with E-state index in [2.05, 4.69) is 60.6 Å². The summed E-state index contributed by atoms with van der Waals surface area (Å²) in [6, 6.07) is 4.32. The summed E-state index contributed by atoms with van der Waals surface area (Å²) in [6.07, 6.45) is 1.98. The van der Waals surface area contributed by atoms with Gasteiger partial charge in [-0.2, -0.15) is 0 Å². The number of fused-ring (bicyclic) bond motifs is 1. The van der Waals surface area contributed by atoms with Crippen LogP contribution in [-0.4, -0.2) is 12.1 Å². The number of hydrogen-bond donors (Lipinski definition) is 0. The first-order valence-corrected chi connectivity index (χ1v) is 7.54. The first-order valence-electron chi connectivity index (χ1n) is 7.54. The minimum atomic E-state index is 0.0132. The molecule has 0 aliphatic rings. The fourth-order valence-corrected chi connectivity index (χ4v) is 3.04. The third kappa shape index (κ3) is 2.76. The van der Waals surface area contributed by atoms with Crippen molar-refractivity contribution in [2.45, 2.75) is 59.3 Å². The highest BCUT2D eigenvalue weighted by atomic mass is 16.5. The molecule has 21 heavy (non-hydrogen) atoms. The Labute approximate surface area is 128 Å². The van der Waals surface area contributed by atoms with Crippen molar-refractivity contribution in [3.05, 3.63) is 35.0 Å². The first-order chi connectivity index (χ1) is 9.57. The Hall–Kier alpha value is -1.57. The van der Waals surface area contributed by atoms with Gasteiger partial charge in [0.1, 0.15) is 5.75 Å². The minimum Gasteiger partial charge on any atom is -0.496 e. The molecule has 0 radical (unpaired) electrons. The van der Waals surface area contributed by atoms with E-state index in [1.54, 1.807) is 7.11 Å². The lowest BCUT2D eigenvalue weighted by Gasteiger charge is -2.26. The summed E-state index contributed by atoms with van der Waals surface area (Å²) in [5.74, 6) is 0.956. The summed E-state index contributed by atoms with van der Waals surface area (Å²) in [4.78, 5) is 4.80. The Morgan fingerprint density at radius 3 is 2.05 bits per heavy atom. The van der Waals surface area contributed by atoms with Gasteiger partial charge in [-0.05, 0) is 34.9 Å². The second kappa shape index (κ2) is 5.01. The summed E-state index contributed by atoms with van der Waals surface area (Å²) in [7, 11) is 1.75. The van der Waals surface area contributed by atoms with Gasteiger partial charge in [0, 0.05) is 17.1 Å². The van der Waals surface area contributed by atoms with Gasteiger partial charge in [-0.3, -0.25) is 4.98 Å². The van der Waals surface area contributed by atoms with Crippen LogP contribution in [0.25, 0.3) is 10.9 Å². The van der Waals surface area contributed by atoms with Crippen molar-refractivity contribution in [1.29, 1.82) is 0 Å². The van der Waals surface area contributed by atoms with Crippen LogP contribution >= 0.6 is 0 Å². The van der Waals surface area contributed by atoms with Gasteiger partial charge in [-0.1, -0.05) is 47.6 Å². The maximum Gasteiger partial charge on any atom is 0.133 e. The zero-order chi connectivity index (χ0) is 16.0.